The zero-order chi connectivity index (χ0) is 59.6. The van der Waals surface area contributed by atoms with Gasteiger partial charge in [0.15, 0.2) is 0 Å². The smallest absolute Gasteiger partial charge is 0.318 e. The van der Waals surface area contributed by atoms with Crippen LogP contribution in [0.4, 0.5) is 11.5 Å². The minimum Gasteiger partial charge on any atom is -0.491 e. The highest BCUT2D eigenvalue weighted by molar-refractivity contribution is 7.13. The predicted molar refractivity (Wildman–Crippen MR) is 321 cm³/mol. The summed E-state index contributed by atoms with van der Waals surface area (Å²) < 4.78 is 36.4. The van der Waals surface area contributed by atoms with Crippen LogP contribution in [0.1, 0.15) is 73.0 Å². The number of likely N-dealkylation sites (N-methyl/N-ethyl adjacent to an activating group) is 1. The molecule has 3 saturated heterocycles. The number of rotatable bonds is 25. The number of hydrogen-bond acceptors (Lipinski definition) is 19. The molecule has 2 N–H and O–H groups in total. The van der Waals surface area contributed by atoms with E-state index in [1.807, 2.05) is 39.0 Å². The van der Waals surface area contributed by atoms with Gasteiger partial charge in [-0.1, -0.05) is 74.1 Å². The quantitative estimate of drug-likeness (QED) is 0.0452. The van der Waals surface area contributed by atoms with Crippen LogP contribution < -0.4 is 24.6 Å². The highest BCUT2D eigenvalue weighted by Crippen LogP contribution is 2.37. The number of aliphatic hydroxyl groups excluding tert-OH is 1. The number of aliphatic hydroxyl groups is 1. The molecule has 4 aliphatic heterocycles. The lowest BCUT2D eigenvalue weighted by atomic mass is 9.91. The summed E-state index contributed by atoms with van der Waals surface area (Å²) in [6.07, 6.45) is 2.27. The Bertz CT molecular complexity index is 3340. The lowest BCUT2D eigenvalue weighted by Gasteiger charge is -2.42. The summed E-state index contributed by atoms with van der Waals surface area (Å²) in [5, 5.41) is 29.8. The number of carbonyl (C=O) groups excluding carboxylic acids is 3. The van der Waals surface area contributed by atoms with Gasteiger partial charge in [0.2, 0.25) is 17.7 Å². The second-order valence-corrected chi connectivity index (χ2v) is 23.5. The minimum absolute atomic E-state index is 0.0135. The molecule has 21 nitrogen and oxygen atoms in total. The minimum atomic E-state index is -0.862. The van der Waals surface area contributed by atoms with Crippen LogP contribution in [0.25, 0.3) is 21.2 Å². The second kappa shape index (κ2) is 28.1. The van der Waals surface area contributed by atoms with E-state index >= 15 is 0 Å². The molecule has 450 valence electrons. The van der Waals surface area contributed by atoms with E-state index in [1.54, 1.807) is 23.4 Å². The van der Waals surface area contributed by atoms with E-state index < -0.39 is 18.1 Å². The van der Waals surface area contributed by atoms with Crippen LogP contribution in [0, 0.1) is 31.1 Å². The van der Waals surface area contributed by atoms with Crippen LogP contribution in [-0.2, 0) is 48.1 Å². The Morgan fingerprint density at radius 1 is 0.906 bits per heavy atom. The molecule has 0 radical (unpaired) electrons. The van der Waals surface area contributed by atoms with Crippen molar-refractivity contribution in [1.29, 1.82) is 5.26 Å². The maximum absolute atomic E-state index is 14.0. The average molecular weight is 1180 g/mol. The van der Waals surface area contributed by atoms with Gasteiger partial charge in [-0.3, -0.25) is 19.3 Å². The molecule has 3 fully saturated rings. The van der Waals surface area contributed by atoms with Gasteiger partial charge in [-0.25, -0.2) is 4.98 Å². The number of aromatic nitrogens is 4. The Labute approximate surface area is 500 Å². The van der Waals surface area contributed by atoms with Gasteiger partial charge >= 0.3 is 6.01 Å². The molecule has 10 rings (SSSR count). The van der Waals surface area contributed by atoms with E-state index in [-0.39, 0.29) is 74.4 Å². The fourth-order valence-corrected chi connectivity index (χ4v) is 12.9. The molecule has 85 heavy (non-hydrogen) atoms. The first-order chi connectivity index (χ1) is 41.3. The van der Waals surface area contributed by atoms with Crippen molar-refractivity contribution in [2.75, 3.05) is 102 Å². The Morgan fingerprint density at radius 3 is 2.47 bits per heavy atom. The molecule has 6 aromatic rings. The highest BCUT2D eigenvalue weighted by Gasteiger charge is 2.43. The monoisotopic (exact) mass is 1180 g/mol. The molecule has 3 amide bonds. The molecule has 0 bridgehead atoms. The number of nitrogens with zero attached hydrogens (tertiary/aromatic N) is 10. The van der Waals surface area contributed by atoms with Gasteiger partial charge in [0.25, 0.3) is 0 Å². The number of benzene rings is 3. The van der Waals surface area contributed by atoms with Crippen molar-refractivity contribution in [3.63, 3.8) is 0 Å². The maximum atomic E-state index is 14.0. The number of nitrogens with one attached hydrogen (secondary N) is 1. The highest BCUT2D eigenvalue weighted by atomic mass is 32.1. The van der Waals surface area contributed by atoms with E-state index in [9.17, 15) is 24.8 Å². The van der Waals surface area contributed by atoms with Crippen LogP contribution in [0.5, 0.6) is 11.8 Å². The van der Waals surface area contributed by atoms with E-state index in [2.05, 4.69) is 92.3 Å². The summed E-state index contributed by atoms with van der Waals surface area (Å²) >= 11 is 1.53. The van der Waals surface area contributed by atoms with Gasteiger partial charge < -0.3 is 58.2 Å². The van der Waals surface area contributed by atoms with E-state index in [0.29, 0.717) is 89.0 Å². The Hall–Kier alpha value is -7.52. The van der Waals surface area contributed by atoms with Gasteiger partial charge in [-0.05, 0) is 68.8 Å². The zero-order valence-electron chi connectivity index (χ0n) is 49.2. The van der Waals surface area contributed by atoms with Crippen LogP contribution in [0.15, 0.2) is 89.4 Å². The molecule has 0 unspecified atom stereocenters. The SMILES string of the molecule is C=CC(=O)N1CCN(c2nc(OC[C@@H]3C[C@@H](OCCOCCOCCOc4cc(-c5scnc5C)ccc4CNC(=O)[C@@H]4C[C@@H](O)CN4C(=O)[C@H](c4cc(C)no4)C(C)C)CN3C)nc3c2CCN(c2cccc4ccccc24)C3)C[C@@H]1CC#N. The molecule has 22 heteroatoms. The maximum Gasteiger partial charge on any atom is 0.318 e. The molecular formula is C63H77N11O10S. The average Bonchev–Trinajstić information content (AvgIpc) is 3.15. The Morgan fingerprint density at radius 2 is 1.71 bits per heavy atom. The zero-order valence-corrected chi connectivity index (χ0v) is 50.0. The third-order valence-electron chi connectivity index (χ3n) is 16.5. The number of fused-ring (bicyclic) bond motifs is 2. The normalized spacial score (nSPS) is 20.2. The van der Waals surface area contributed by atoms with Crippen molar-refractivity contribution in [1.82, 2.24) is 40.1 Å². The predicted octanol–water partition coefficient (Wildman–Crippen LogP) is 6.64. The van der Waals surface area contributed by atoms with Crippen LogP contribution >= 0.6 is 11.3 Å². The summed E-state index contributed by atoms with van der Waals surface area (Å²) in [6, 6.07) is 23.9. The molecule has 6 atom stereocenters. The number of piperazine rings is 1. The fourth-order valence-electron chi connectivity index (χ4n) is 12.1. The summed E-state index contributed by atoms with van der Waals surface area (Å²) in [7, 11) is 2.07. The number of nitriles is 1. The molecular weight excluding hydrogens is 1100 g/mol. The lowest BCUT2D eigenvalue weighted by molar-refractivity contribution is -0.141. The first-order valence-electron chi connectivity index (χ1n) is 29.4. The number of thiazole rings is 1. The lowest BCUT2D eigenvalue weighted by Crippen LogP contribution is -2.55. The first kappa shape index (κ1) is 60.6. The number of carbonyl (C=O) groups is 3. The fraction of sp³-hybridized carbons (Fsp3) is 0.492. The van der Waals surface area contributed by atoms with Crippen molar-refractivity contribution in [2.45, 2.75) is 103 Å². The third-order valence-corrected chi connectivity index (χ3v) is 17.4. The summed E-state index contributed by atoms with van der Waals surface area (Å²) in [5.41, 5.74) is 8.16. The standard InChI is InChI=1S/C63H77N11O10S/c1-7-57(76)73-22-21-72(34-46(73)17-19-64)60-51-18-20-71(53-14-10-12-43-11-8-9-13-50(43)53)37-52(51)67-63(68-60)83-38-47-31-49(36-70(47)6)81-27-25-79-23-24-80-26-28-82-55-30-44(59-42(5)66-39-85-59)15-16-45(55)33-65-61(77)54-32-48(75)35-74(54)62(78)58(40(2)3)56-29-41(4)69-84-56/h7-16,29-30,39-40,46-49,54,58,75H,1,17-18,20-28,31-38H2,2-6H3,(H,65,77)/t46-,47-,48+,49+,54-,58-/m0/s1. The van der Waals surface area contributed by atoms with Crippen LogP contribution in [0.3, 0.4) is 0 Å². The molecule has 3 aromatic carbocycles. The second-order valence-electron chi connectivity index (χ2n) is 22.6. The molecule has 0 spiro atoms. The van der Waals surface area contributed by atoms with Gasteiger partial charge in [-0.2, -0.15) is 15.2 Å². The summed E-state index contributed by atoms with van der Waals surface area (Å²) in [5.74, 6) is 0.197. The van der Waals surface area contributed by atoms with Crippen LogP contribution in [-0.4, -0.2) is 181 Å². The van der Waals surface area contributed by atoms with E-state index in [4.69, 9.17) is 38.2 Å². The molecule has 3 aromatic heterocycles. The van der Waals surface area contributed by atoms with Crippen molar-refractivity contribution in [3.05, 3.63) is 119 Å². The van der Waals surface area contributed by atoms with Crippen molar-refractivity contribution in [2.24, 2.45) is 5.92 Å². The summed E-state index contributed by atoms with van der Waals surface area (Å²) in [4.78, 5) is 66.2. The number of aryl methyl sites for hydroxylation is 2. The first-order valence-corrected chi connectivity index (χ1v) is 30.3. The number of likely N-dealkylation sites (tertiary alicyclic amines) is 2. The number of anilines is 2. The topological polar surface area (TPSA) is 234 Å². The molecule has 0 aliphatic carbocycles. The molecule has 7 heterocycles. The van der Waals surface area contributed by atoms with Crippen molar-refractivity contribution < 1.29 is 47.7 Å². The number of hydrogen-bond donors (Lipinski definition) is 2. The van der Waals surface area contributed by atoms with Gasteiger partial charge in [0, 0.05) is 86.5 Å². The Kier molecular flexibility index (Phi) is 20.0. The van der Waals surface area contributed by atoms with Crippen LogP contribution in [0.2, 0.25) is 0 Å². The number of β-amino-alcohol motifs (C(OH)–C–C–N with tert-alkyl or cyclic N) is 1. The number of ether oxygens (including phenoxy) is 5. The molecule has 0 saturated carbocycles. The van der Waals surface area contributed by atoms with E-state index in [1.165, 1.54) is 33.1 Å². The largest absolute Gasteiger partial charge is 0.491 e. The summed E-state index contributed by atoms with van der Waals surface area (Å²) in [6.45, 7) is 17.5. The van der Waals surface area contributed by atoms with Crippen molar-refractivity contribution in [3.8, 4) is 28.3 Å². The van der Waals surface area contributed by atoms with Crippen molar-refractivity contribution >= 4 is 51.3 Å². The van der Waals surface area contributed by atoms with Gasteiger partial charge in [-0.15, -0.1) is 11.3 Å². The van der Waals surface area contributed by atoms with E-state index in [0.717, 1.165) is 70.4 Å². The number of amides is 3. The molecule has 4 aliphatic rings. The Balaban J connectivity index is 0.683. The van der Waals surface area contributed by atoms with Gasteiger partial charge in [0.05, 0.1) is 97.8 Å². The third kappa shape index (κ3) is 14.4. The van der Waals surface area contributed by atoms with Gasteiger partial charge in [0.1, 0.15) is 42.5 Å².